The highest BCUT2D eigenvalue weighted by Crippen LogP contribution is 2.61. The number of phosphoric ester groups is 3. The van der Waals surface area contributed by atoms with Crippen molar-refractivity contribution in [3.05, 3.63) is 67.0 Å². The highest BCUT2D eigenvalue weighted by Gasteiger charge is 2.51. The van der Waals surface area contributed by atoms with Gasteiger partial charge in [0.25, 0.3) is 6.23 Å². The molecule has 3 aromatic heterocycles. The van der Waals surface area contributed by atoms with Crippen molar-refractivity contribution in [2.75, 3.05) is 18.9 Å². The van der Waals surface area contributed by atoms with E-state index in [1.807, 2.05) is 0 Å². The van der Waals surface area contributed by atoms with E-state index in [0.717, 1.165) is 17.2 Å². The lowest BCUT2D eigenvalue weighted by Gasteiger charge is -2.22. The number of fused-ring (bicyclic) bond motifs is 1. The number of hydrogen-bond donors (Lipinski definition) is 9. The molecule has 24 nitrogen and oxygen atoms in total. The number of pyridine rings is 1. The van der Waals surface area contributed by atoms with Gasteiger partial charge in [0.2, 0.25) is 0 Å². The zero-order valence-corrected chi connectivity index (χ0v) is 29.7. The number of carboxylic acid groups (broad SMARTS) is 1. The summed E-state index contributed by atoms with van der Waals surface area (Å²) in [5.74, 6) is -1.23. The Morgan fingerprint density at radius 3 is 2.20 bits per heavy atom. The third-order valence-electron chi connectivity index (χ3n) is 8.13. The maximum atomic E-state index is 12.7. The van der Waals surface area contributed by atoms with Gasteiger partial charge in [-0.2, -0.15) is 8.88 Å². The minimum atomic E-state index is -5.54. The summed E-state index contributed by atoms with van der Waals surface area (Å²) in [5.41, 5.74) is 6.71. The maximum absolute atomic E-state index is 12.7. The number of aromatic carboxylic acids is 1. The van der Waals surface area contributed by atoms with Gasteiger partial charge in [0.05, 0.1) is 25.1 Å². The molecule has 0 aliphatic carbocycles. The van der Waals surface area contributed by atoms with Crippen molar-refractivity contribution in [3.8, 4) is 11.1 Å². The van der Waals surface area contributed by atoms with E-state index in [0.29, 0.717) is 11.1 Å². The first-order valence-corrected chi connectivity index (χ1v) is 19.8. The lowest BCUT2D eigenvalue weighted by atomic mass is 10.0. The van der Waals surface area contributed by atoms with Crippen LogP contribution in [0, 0.1) is 6.07 Å². The van der Waals surface area contributed by atoms with Crippen molar-refractivity contribution in [1.82, 2.24) is 19.5 Å². The molecule has 0 saturated carbocycles. The fourth-order valence-corrected chi connectivity index (χ4v) is 8.32. The SMILES string of the molecule is Nc1ncnc2c1ncn2[C@@H]1O[C@H](COP(=O)(O)OP(=O)(O)OC[C@H]2O[C@@H]([n+]3ccc(-c4cc[c]cc4C(=O)O)cc3)[C@H](O)[C@@H]2O)[C@@H](O)[C@H]1OP(=O)(O)O. The van der Waals surface area contributed by atoms with Crippen LogP contribution in [-0.4, -0.2) is 115 Å². The fraction of sp³-hybridized carbons (Fsp3) is 0.370. The molecule has 0 spiro atoms. The number of carbonyl (C=O) groups is 1. The fourth-order valence-electron chi connectivity index (χ4n) is 5.68. The molecule has 6 rings (SSSR count). The molecule has 2 unspecified atom stereocenters. The monoisotopic (exact) mass is 820 g/mol. The van der Waals surface area contributed by atoms with Crippen molar-refractivity contribution in [2.45, 2.75) is 49.1 Å². The predicted octanol–water partition coefficient (Wildman–Crippen LogP) is -0.832. The Morgan fingerprint density at radius 2 is 1.57 bits per heavy atom. The number of imidazole rings is 1. The summed E-state index contributed by atoms with van der Waals surface area (Å²) in [6, 6.07) is 10.1. The van der Waals surface area contributed by atoms with Crippen molar-refractivity contribution < 1.29 is 90.4 Å². The van der Waals surface area contributed by atoms with Crippen LogP contribution in [0.4, 0.5) is 5.82 Å². The Labute approximate surface area is 302 Å². The van der Waals surface area contributed by atoms with Gasteiger partial charge in [0.15, 0.2) is 36.2 Å². The second-order valence-electron chi connectivity index (χ2n) is 11.7. The van der Waals surface area contributed by atoms with Gasteiger partial charge in [-0.1, -0.05) is 12.1 Å². The van der Waals surface area contributed by atoms with Gasteiger partial charge in [-0.3, -0.25) is 18.1 Å². The van der Waals surface area contributed by atoms with E-state index in [9.17, 15) is 58.5 Å². The molecule has 291 valence electrons. The Kier molecular flexibility index (Phi) is 11.5. The number of aliphatic hydroxyl groups is 3. The molecule has 0 bridgehead atoms. The number of rotatable bonds is 14. The maximum Gasteiger partial charge on any atom is 0.481 e. The molecular weight excluding hydrogens is 789 g/mol. The zero-order valence-electron chi connectivity index (χ0n) is 27.0. The van der Waals surface area contributed by atoms with Crippen LogP contribution in [0.5, 0.6) is 0 Å². The number of benzene rings is 1. The van der Waals surface area contributed by atoms with E-state index in [1.165, 1.54) is 41.2 Å². The summed E-state index contributed by atoms with van der Waals surface area (Å²) in [4.78, 5) is 62.6. The summed E-state index contributed by atoms with van der Waals surface area (Å²) in [7, 11) is -16.3. The molecule has 10 atom stereocenters. The topological polar surface area (TPSA) is 359 Å². The second kappa shape index (κ2) is 15.5. The highest BCUT2D eigenvalue weighted by molar-refractivity contribution is 7.61. The number of aliphatic hydroxyl groups excluding tert-OH is 3. The zero-order chi connectivity index (χ0) is 39.2. The first-order chi connectivity index (χ1) is 25.3. The molecule has 2 fully saturated rings. The summed E-state index contributed by atoms with van der Waals surface area (Å²) in [6.07, 6.45) is -8.10. The molecule has 5 heterocycles. The normalized spacial score (nSPS) is 28.2. The third kappa shape index (κ3) is 8.75. The van der Waals surface area contributed by atoms with Crippen LogP contribution in [0.3, 0.4) is 0 Å². The molecule has 54 heavy (non-hydrogen) atoms. The van der Waals surface area contributed by atoms with E-state index in [2.05, 4.69) is 25.3 Å². The number of nitrogen functional groups attached to an aromatic ring is 1. The molecule has 1 aromatic carbocycles. The van der Waals surface area contributed by atoms with Gasteiger partial charge in [-0.05, 0) is 23.3 Å². The Balaban J connectivity index is 1.06. The number of nitrogens with zero attached hydrogens (tertiary/aromatic N) is 5. The van der Waals surface area contributed by atoms with Gasteiger partial charge < -0.3 is 55.2 Å². The highest BCUT2D eigenvalue weighted by atomic mass is 31.3. The molecule has 2 aliphatic rings. The van der Waals surface area contributed by atoms with Crippen molar-refractivity contribution in [3.63, 3.8) is 0 Å². The van der Waals surface area contributed by atoms with Gasteiger partial charge in [-0.25, -0.2) is 33.4 Å². The third-order valence-corrected chi connectivity index (χ3v) is 11.3. The first kappa shape index (κ1) is 40.0. The Bertz CT molecular complexity index is 2150. The van der Waals surface area contributed by atoms with Crippen LogP contribution in [0.1, 0.15) is 22.8 Å². The number of hydrogen-bond acceptors (Lipinski definition) is 17. The minimum Gasteiger partial charge on any atom is -0.478 e. The number of ether oxygens (including phenoxy) is 2. The number of carboxylic acids is 1. The van der Waals surface area contributed by atoms with Gasteiger partial charge >= 0.3 is 29.4 Å². The number of phosphoric acid groups is 3. The molecule has 0 amide bonds. The minimum absolute atomic E-state index is 0.0000646. The quantitative estimate of drug-likeness (QED) is 0.0553. The summed E-state index contributed by atoms with van der Waals surface area (Å²) in [5, 5.41) is 41.4. The van der Waals surface area contributed by atoms with Crippen molar-refractivity contribution >= 4 is 46.4 Å². The first-order valence-electron chi connectivity index (χ1n) is 15.3. The summed E-state index contributed by atoms with van der Waals surface area (Å²) in [6.45, 7) is -2.03. The van der Waals surface area contributed by atoms with Crippen LogP contribution < -0.4 is 10.3 Å². The van der Waals surface area contributed by atoms with Crippen LogP contribution in [0.25, 0.3) is 22.3 Å². The number of aromatic nitrogens is 5. The molecule has 27 heteroatoms. The van der Waals surface area contributed by atoms with Crippen LogP contribution in [-0.2, 0) is 41.1 Å². The standard InChI is InChI=1S/C27H30N6O18P3/c28-23-18-24(30-11-29-23)33(12-31-18)26-22(50-52(39,40)41)20(35)17(49-26)10-47-54(44,45)51-53(42,43)46-9-16-19(34)21(36)25(48-16)32-7-5-13(6-8-32)14-3-1-2-4-15(14)27(37)38/h1,3-8,11-12,16-17,19-22,25-26,34-36H,9-10H2,(H6-,28,29,30,37,38,39,40,41,42,43,44,45)/p+1/t16-,17-,19-,20-,21-,22-,25-,26-/m1/s1. The summed E-state index contributed by atoms with van der Waals surface area (Å²) >= 11 is 0. The summed E-state index contributed by atoms with van der Waals surface area (Å²) < 4.78 is 69.1. The van der Waals surface area contributed by atoms with Crippen molar-refractivity contribution in [2.24, 2.45) is 0 Å². The molecule has 10 N–H and O–H groups in total. The van der Waals surface area contributed by atoms with E-state index in [1.54, 1.807) is 6.07 Å². The Morgan fingerprint density at radius 1 is 0.926 bits per heavy atom. The molecule has 2 saturated heterocycles. The number of anilines is 1. The van der Waals surface area contributed by atoms with Gasteiger partial charge in [0, 0.05) is 12.1 Å². The lowest BCUT2D eigenvalue weighted by molar-refractivity contribution is -0.765. The Hall–Kier alpha value is -3.64. The molecule has 1 radical (unpaired) electrons. The van der Waals surface area contributed by atoms with Gasteiger partial charge in [0.1, 0.15) is 42.4 Å². The van der Waals surface area contributed by atoms with Gasteiger partial charge in [-0.15, -0.1) is 0 Å². The van der Waals surface area contributed by atoms with E-state index in [4.69, 9.17) is 28.8 Å². The average Bonchev–Trinajstić information content (AvgIpc) is 3.75. The van der Waals surface area contributed by atoms with Crippen LogP contribution in [0.15, 0.2) is 55.4 Å². The molecule has 4 aromatic rings. The average molecular weight is 820 g/mol. The van der Waals surface area contributed by atoms with E-state index in [-0.39, 0.29) is 22.5 Å². The smallest absolute Gasteiger partial charge is 0.478 e. The predicted molar refractivity (Wildman–Crippen MR) is 173 cm³/mol. The molecular formula is C27H31N6O18P3+. The van der Waals surface area contributed by atoms with Crippen LogP contribution >= 0.6 is 23.5 Å². The van der Waals surface area contributed by atoms with E-state index < -0.39 is 91.7 Å². The number of nitrogens with two attached hydrogens (primary N) is 1. The van der Waals surface area contributed by atoms with Crippen molar-refractivity contribution in [1.29, 1.82) is 0 Å². The largest absolute Gasteiger partial charge is 0.481 e. The van der Waals surface area contributed by atoms with Crippen LogP contribution in [0.2, 0.25) is 0 Å². The lowest BCUT2D eigenvalue weighted by Crippen LogP contribution is -2.45. The second-order valence-corrected chi connectivity index (χ2v) is 15.9. The molecule has 2 aliphatic heterocycles. The van der Waals surface area contributed by atoms with E-state index >= 15 is 0 Å².